The maximum atomic E-state index is 12.3. The Morgan fingerprint density at radius 2 is 2.00 bits per heavy atom. The summed E-state index contributed by atoms with van der Waals surface area (Å²) < 4.78 is 32.0. The average Bonchev–Trinajstić information content (AvgIpc) is 2.89. The fraction of sp³-hybridized carbons (Fsp3) is 0.333. The molecule has 0 spiro atoms. The highest BCUT2D eigenvalue weighted by Gasteiger charge is 2.19. The van der Waals surface area contributed by atoms with Crippen LogP contribution in [0.15, 0.2) is 39.8 Å². The Balaban J connectivity index is 2.05. The number of sulfonamides is 1. The Labute approximate surface area is 135 Å². The summed E-state index contributed by atoms with van der Waals surface area (Å²) in [7, 11) is -3.62. The molecule has 0 aliphatic heterocycles. The second kappa shape index (κ2) is 6.93. The molecule has 124 valence electrons. The molecule has 1 amide bonds. The number of hydrogen-bond donors (Lipinski definition) is 1. The number of aromatic nitrogens is 1. The number of carbonyl (C=O) groups excluding carboxylic acids is 1. The summed E-state index contributed by atoms with van der Waals surface area (Å²) in [6, 6.07) is 8.34. The zero-order chi connectivity index (χ0) is 17.0. The van der Waals surface area contributed by atoms with E-state index in [4.69, 9.17) is 4.52 Å². The third-order valence-corrected chi connectivity index (χ3v) is 4.90. The minimum atomic E-state index is -3.62. The average molecular weight is 337 g/mol. The van der Waals surface area contributed by atoms with Crippen LogP contribution in [0.1, 0.15) is 18.2 Å². The van der Waals surface area contributed by atoms with E-state index < -0.39 is 10.0 Å². The molecule has 0 radical (unpaired) electrons. The fourth-order valence-corrected chi connectivity index (χ4v) is 3.41. The van der Waals surface area contributed by atoms with E-state index in [2.05, 4.69) is 9.88 Å². The van der Waals surface area contributed by atoms with E-state index in [-0.39, 0.29) is 23.9 Å². The summed E-state index contributed by atoms with van der Waals surface area (Å²) in [6.07, 6.45) is 0. The van der Waals surface area contributed by atoms with Crippen LogP contribution in [0, 0.1) is 13.8 Å². The van der Waals surface area contributed by atoms with Crippen LogP contribution >= 0.6 is 0 Å². The maximum absolute atomic E-state index is 12.3. The van der Waals surface area contributed by atoms with Gasteiger partial charge in [-0.2, -0.15) is 0 Å². The lowest BCUT2D eigenvalue weighted by Crippen LogP contribution is -2.37. The van der Waals surface area contributed by atoms with Gasteiger partial charge in [0.15, 0.2) is 5.82 Å². The number of hydrogen-bond acceptors (Lipinski definition) is 5. The van der Waals surface area contributed by atoms with Crippen molar-refractivity contribution >= 4 is 21.7 Å². The zero-order valence-electron chi connectivity index (χ0n) is 13.2. The Kier molecular flexibility index (Phi) is 5.17. The van der Waals surface area contributed by atoms with Gasteiger partial charge in [-0.1, -0.05) is 23.4 Å². The molecule has 7 nitrogen and oxygen atoms in total. The third kappa shape index (κ3) is 4.17. The van der Waals surface area contributed by atoms with Gasteiger partial charge >= 0.3 is 0 Å². The predicted octanol–water partition coefficient (Wildman–Crippen LogP) is 1.62. The van der Waals surface area contributed by atoms with Crippen LogP contribution in [0.4, 0.5) is 5.82 Å². The van der Waals surface area contributed by atoms with Crippen molar-refractivity contribution in [2.45, 2.75) is 25.7 Å². The number of benzene rings is 1. The largest absolute Gasteiger partial charge is 0.360 e. The topological polar surface area (TPSA) is 92.5 Å². The van der Waals surface area contributed by atoms with Crippen LogP contribution in [0.5, 0.6) is 0 Å². The van der Waals surface area contributed by atoms with Crippen molar-refractivity contribution in [3.05, 3.63) is 41.7 Å². The van der Waals surface area contributed by atoms with E-state index in [0.717, 1.165) is 0 Å². The van der Waals surface area contributed by atoms with Crippen molar-refractivity contribution in [2.24, 2.45) is 0 Å². The van der Waals surface area contributed by atoms with Gasteiger partial charge in [-0.05, 0) is 25.5 Å². The fourth-order valence-electron chi connectivity index (χ4n) is 2.14. The number of nitrogens with one attached hydrogen (secondary N) is 1. The molecule has 23 heavy (non-hydrogen) atoms. The minimum Gasteiger partial charge on any atom is -0.360 e. The molecule has 1 N–H and O–H groups in total. The second-order valence-corrected chi connectivity index (χ2v) is 6.87. The molecule has 2 rings (SSSR count). The number of anilines is 1. The van der Waals surface area contributed by atoms with Gasteiger partial charge in [0.1, 0.15) is 5.76 Å². The van der Waals surface area contributed by atoms with E-state index in [1.165, 1.54) is 11.8 Å². The van der Waals surface area contributed by atoms with E-state index in [1.54, 1.807) is 44.2 Å². The molecule has 0 unspecified atom stereocenters. The molecular formula is C15H19N3O4S. The lowest BCUT2D eigenvalue weighted by atomic mass is 10.2. The van der Waals surface area contributed by atoms with Crippen molar-refractivity contribution in [1.82, 2.24) is 9.88 Å². The first kappa shape index (κ1) is 17.2. The normalized spacial score (nSPS) is 11.4. The molecule has 0 aliphatic carbocycles. The molecule has 0 saturated carbocycles. The number of nitrogens with zero attached hydrogens (tertiary/aromatic N) is 2. The van der Waals surface area contributed by atoms with E-state index in [9.17, 15) is 13.2 Å². The van der Waals surface area contributed by atoms with Crippen molar-refractivity contribution in [3.63, 3.8) is 0 Å². The van der Waals surface area contributed by atoms with Gasteiger partial charge in [-0.3, -0.25) is 9.69 Å². The highest BCUT2D eigenvalue weighted by molar-refractivity contribution is 7.89. The number of amides is 1. The molecule has 0 fully saturated rings. The van der Waals surface area contributed by atoms with Crippen molar-refractivity contribution < 1.29 is 17.7 Å². The molecule has 1 aromatic heterocycles. The maximum Gasteiger partial charge on any atom is 0.240 e. The Bertz CT molecular complexity index is 799. The molecule has 0 aliphatic rings. The van der Waals surface area contributed by atoms with Crippen LogP contribution in [0.2, 0.25) is 0 Å². The Morgan fingerprint density at radius 3 is 2.57 bits per heavy atom. The summed E-state index contributed by atoms with van der Waals surface area (Å²) >= 11 is 0. The van der Waals surface area contributed by atoms with Crippen molar-refractivity contribution in [1.29, 1.82) is 0 Å². The van der Waals surface area contributed by atoms with Crippen LogP contribution < -0.4 is 9.62 Å². The molecule has 2 aromatic rings. The van der Waals surface area contributed by atoms with Crippen molar-refractivity contribution in [2.75, 3.05) is 18.0 Å². The highest BCUT2D eigenvalue weighted by Crippen LogP contribution is 2.15. The van der Waals surface area contributed by atoms with Crippen LogP contribution in [-0.2, 0) is 14.8 Å². The van der Waals surface area contributed by atoms with Crippen molar-refractivity contribution in [3.8, 4) is 0 Å². The molecule has 0 atom stereocenters. The monoisotopic (exact) mass is 337 g/mol. The molecule has 1 aromatic carbocycles. The molecule has 0 saturated heterocycles. The smallest absolute Gasteiger partial charge is 0.240 e. The Morgan fingerprint density at radius 1 is 1.30 bits per heavy atom. The molecule has 8 heteroatoms. The minimum absolute atomic E-state index is 0.0716. The first-order chi connectivity index (χ1) is 10.8. The number of carbonyl (C=O) groups is 1. The van der Waals surface area contributed by atoms with Crippen LogP contribution in [0.3, 0.4) is 0 Å². The van der Waals surface area contributed by atoms with E-state index in [1.807, 2.05) is 0 Å². The third-order valence-electron chi connectivity index (χ3n) is 3.28. The summed E-state index contributed by atoms with van der Waals surface area (Å²) in [5.41, 5.74) is 0.663. The Hall–Kier alpha value is -2.19. The number of rotatable bonds is 6. The van der Waals surface area contributed by atoms with Gasteiger partial charge in [0.2, 0.25) is 15.9 Å². The summed E-state index contributed by atoms with van der Waals surface area (Å²) in [6.45, 7) is 5.07. The van der Waals surface area contributed by atoms with Crippen LogP contribution in [0.25, 0.3) is 0 Å². The van der Waals surface area contributed by atoms with Gasteiger partial charge in [0.05, 0.1) is 4.90 Å². The summed E-state index contributed by atoms with van der Waals surface area (Å²) in [4.78, 5) is 13.3. The summed E-state index contributed by atoms with van der Waals surface area (Å²) in [5.74, 6) is 0.699. The highest BCUT2D eigenvalue weighted by atomic mass is 32.2. The van der Waals surface area contributed by atoms with Gasteiger partial charge in [-0.25, -0.2) is 13.1 Å². The van der Waals surface area contributed by atoms with E-state index in [0.29, 0.717) is 17.1 Å². The molecule has 1 heterocycles. The first-order valence-electron chi connectivity index (χ1n) is 7.08. The van der Waals surface area contributed by atoms with E-state index >= 15 is 0 Å². The van der Waals surface area contributed by atoms with Gasteiger partial charge < -0.3 is 4.52 Å². The lowest BCUT2D eigenvalue weighted by Gasteiger charge is -2.18. The standard InChI is InChI=1S/C15H19N3O4S/c1-11-6-4-5-7-14(11)23(20,21)16-8-9-18(13(3)19)15-10-12(2)22-17-15/h4-7,10,16H,8-9H2,1-3H3. The van der Waals surface area contributed by atoms with Gasteiger partial charge in [-0.15, -0.1) is 0 Å². The predicted molar refractivity (Wildman–Crippen MR) is 85.6 cm³/mol. The molecular weight excluding hydrogens is 318 g/mol. The first-order valence-corrected chi connectivity index (χ1v) is 8.56. The molecule has 0 bridgehead atoms. The zero-order valence-corrected chi connectivity index (χ0v) is 14.1. The van der Waals surface area contributed by atoms with Crippen LogP contribution in [-0.4, -0.2) is 32.6 Å². The number of aryl methyl sites for hydroxylation is 2. The SMILES string of the molecule is CC(=O)N(CCNS(=O)(=O)c1ccccc1C)c1cc(C)on1. The second-order valence-electron chi connectivity index (χ2n) is 5.13. The van der Waals surface area contributed by atoms with Gasteiger partial charge in [0, 0.05) is 26.1 Å². The lowest BCUT2D eigenvalue weighted by molar-refractivity contribution is -0.116. The quantitative estimate of drug-likeness (QED) is 0.865. The summed E-state index contributed by atoms with van der Waals surface area (Å²) in [5, 5.41) is 3.78. The van der Waals surface area contributed by atoms with Gasteiger partial charge in [0.25, 0.3) is 0 Å².